The maximum atomic E-state index is 11.6. The summed E-state index contributed by atoms with van der Waals surface area (Å²) in [5, 5.41) is 0. The number of hydrogen-bond donors (Lipinski definition) is 0. The molecule has 0 saturated carbocycles. The van der Waals surface area contributed by atoms with E-state index in [4.69, 9.17) is 4.74 Å². The molecule has 3 heteroatoms. The molecule has 0 fully saturated rings. The second-order valence-corrected chi connectivity index (χ2v) is 8.37. The van der Waals surface area contributed by atoms with Crippen LogP contribution >= 0.6 is 15.9 Å². The van der Waals surface area contributed by atoms with Crippen molar-refractivity contribution in [3.05, 3.63) is 10.6 Å². The smallest absolute Gasteiger partial charge is 0.306 e. The lowest BCUT2D eigenvalue weighted by Gasteiger charge is -2.19. The Balaban J connectivity index is 3.51. The van der Waals surface area contributed by atoms with Crippen molar-refractivity contribution in [2.24, 2.45) is 0 Å². The molecule has 0 amide bonds. The van der Waals surface area contributed by atoms with Crippen LogP contribution in [0.3, 0.4) is 0 Å². The minimum Gasteiger partial charge on any atom is -0.460 e. The lowest BCUT2D eigenvalue weighted by molar-refractivity contribution is -0.154. The Hall–Kier alpha value is -0.310. The molecule has 0 bridgehead atoms. The number of rotatable bonds is 13. The number of ether oxygens (including phenoxy) is 1. The zero-order valence-electron chi connectivity index (χ0n) is 15.8. The third-order valence-electron chi connectivity index (χ3n) is 3.66. The van der Waals surface area contributed by atoms with Crippen molar-refractivity contribution in [3.63, 3.8) is 0 Å². The van der Waals surface area contributed by atoms with Crippen LogP contribution in [0.25, 0.3) is 0 Å². The molecule has 0 radical (unpaired) electrons. The van der Waals surface area contributed by atoms with Gasteiger partial charge in [-0.1, -0.05) is 80.3 Å². The minimum absolute atomic E-state index is 0.120. The molecule has 0 aromatic heterocycles. The van der Waals surface area contributed by atoms with Gasteiger partial charge in [0.15, 0.2) is 0 Å². The summed E-state index contributed by atoms with van der Waals surface area (Å²) in [6, 6.07) is 0. The Labute approximate surface area is 152 Å². The van der Waals surface area contributed by atoms with Crippen LogP contribution in [-0.2, 0) is 9.53 Å². The summed E-state index contributed by atoms with van der Waals surface area (Å²) in [4.78, 5) is 11.6. The largest absolute Gasteiger partial charge is 0.460 e. The summed E-state index contributed by atoms with van der Waals surface area (Å²) in [6.45, 7) is 7.97. The highest BCUT2D eigenvalue weighted by Gasteiger charge is 2.15. The van der Waals surface area contributed by atoms with Crippen LogP contribution in [0.2, 0.25) is 0 Å². The van der Waals surface area contributed by atoms with Crippen LogP contribution in [0, 0.1) is 0 Å². The Morgan fingerprint density at radius 2 is 1.43 bits per heavy atom. The van der Waals surface area contributed by atoms with Crippen LogP contribution in [0.1, 0.15) is 105 Å². The van der Waals surface area contributed by atoms with E-state index in [9.17, 15) is 4.79 Å². The summed E-state index contributed by atoms with van der Waals surface area (Å²) >= 11 is 3.56. The zero-order valence-corrected chi connectivity index (χ0v) is 17.3. The van der Waals surface area contributed by atoms with Gasteiger partial charge in [-0.3, -0.25) is 4.79 Å². The number of halogens is 1. The summed E-state index contributed by atoms with van der Waals surface area (Å²) in [6.07, 6.45) is 16.7. The second-order valence-electron chi connectivity index (χ2n) is 7.35. The average Bonchev–Trinajstić information content (AvgIpc) is 2.45. The first-order chi connectivity index (χ1) is 10.8. The van der Waals surface area contributed by atoms with Gasteiger partial charge in [-0.2, -0.15) is 0 Å². The van der Waals surface area contributed by atoms with E-state index in [0.717, 1.165) is 17.3 Å². The van der Waals surface area contributed by atoms with E-state index in [1.807, 2.05) is 20.8 Å². The summed E-state index contributed by atoms with van der Waals surface area (Å²) < 4.78 is 6.43. The maximum Gasteiger partial charge on any atom is 0.306 e. The quantitative estimate of drug-likeness (QED) is 0.244. The maximum absolute atomic E-state index is 11.6. The molecule has 0 aliphatic heterocycles. The number of hydrogen-bond acceptors (Lipinski definition) is 2. The van der Waals surface area contributed by atoms with E-state index in [1.165, 1.54) is 57.8 Å². The third-order valence-corrected chi connectivity index (χ3v) is 4.38. The molecule has 0 rings (SSSR count). The normalized spacial score (nSPS) is 12.5. The molecule has 0 aliphatic rings. The number of unbranched alkanes of at least 4 members (excludes halogenated alkanes) is 9. The van der Waals surface area contributed by atoms with Gasteiger partial charge in [0.1, 0.15) is 5.60 Å². The Morgan fingerprint density at radius 3 is 1.96 bits per heavy atom. The lowest BCUT2D eigenvalue weighted by Crippen LogP contribution is -2.23. The molecule has 0 atom stereocenters. The van der Waals surface area contributed by atoms with Crippen molar-refractivity contribution in [3.8, 4) is 0 Å². The first kappa shape index (κ1) is 22.7. The van der Waals surface area contributed by atoms with E-state index in [0.29, 0.717) is 6.42 Å². The topological polar surface area (TPSA) is 26.3 Å². The van der Waals surface area contributed by atoms with Gasteiger partial charge >= 0.3 is 5.97 Å². The molecule has 0 aliphatic carbocycles. The number of carbonyl (C=O) groups is 1. The predicted octanol–water partition coefficient (Wildman–Crippen LogP) is 7.31. The fourth-order valence-electron chi connectivity index (χ4n) is 2.43. The van der Waals surface area contributed by atoms with Crippen LogP contribution in [0.5, 0.6) is 0 Å². The zero-order chi connectivity index (χ0) is 17.6. The highest BCUT2D eigenvalue weighted by Crippen LogP contribution is 2.18. The summed E-state index contributed by atoms with van der Waals surface area (Å²) in [5.74, 6) is -0.120. The second kappa shape index (κ2) is 14.1. The molecule has 0 unspecified atom stereocenters. The molecule has 0 spiro atoms. The molecule has 0 saturated heterocycles. The van der Waals surface area contributed by atoms with E-state index >= 15 is 0 Å². The van der Waals surface area contributed by atoms with Crippen LogP contribution in [0.15, 0.2) is 10.6 Å². The Bertz CT molecular complexity index is 329. The standard InChI is InChI=1S/C20H37BrO2/c1-5-6-7-8-9-10-11-12-13-14-15-18(21)16-17-19(22)23-20(2,3)4/h15H,5-14,16-17H2,1-4H3/b18-15-. The van der Waals surface area contributed by atoms with Gasteiger partial charge in [0.05, 0.1) is 6.42 Å². The van der Waals surface area contributed by atoms with Crippen molar-refractivity contribution < 1.29 is 9.53 Å². The Morgan fingerprint density at radius 1 is 0.913 bits per heavy atom. The Kier molecular flexibility index (Phi) is 13.9. The first-order valence-corrected chi connectivity index (χ1v) is 10.2. The molecule has 136 valence electrons. The van der Waals surface area contributed by atoms with Gasteiger partial charge in [-0.15, -0.1) is 0 Å². The van der Waals surface area contributed by atoms with Crippen LogP contribution < -0.4 is 0 Å². The van der Waals surface area contributed by atoms with Crippen molar-refractivity contribution >= 4 is 21.9 Å². The van der Waals surface area contributed by atoms with E-state index in [1.54, 1.807) is 0 Å². The molecule has 0 heterocycles. The fraction of sp³-hybridized carbons (Fsp3) is 0.850. The van der Waals surface area contributed by atoms with Gasteiger partial charge in [0, 0.05) is 0 Å². The molecule has 0 aromatic rings. The van der Waals surface area contributed by atoms with Crippen LogP contribution in [0.4, 0.5) is 0 Å². The molecule has 23 heavy (non-hydrogen) atoms. The molecule has 0 N–H and O–H groups in total. The molecule has 0 aromatic carbocycles. The fourth-order valence-corrected chi connectivity index (χ4v) is 2.86. The highest BCUT2D eigenvalue weighted by atomic mass is 79.9. The van der Waals surface area contributed by atoms with Crippen molar-refractivity contribution in [1.82, 2.24) is 0 Å². The number of allylic oxidation sites excluding steroid dienone is 2. The number of esters is 1. The summed E-state index contributed by atoms with van der Waals surface area (Å²) in [5.41, 5.74) is -0.385. The SMILES string of the molecule is CCCCCCCCCCC/C=C(\Br)CCC(=O)OC(C)(C)C. The predicted molar refractivity (Wildman–Crippen MR) is 104 cm³/mol. The van der Waals surface area contributed by atoms with Gasteiger partial charge < -0.3 is 4.74 Å². The van der Waals surface area contributed by atoms with E-state index in [-0.39, 0.29) is 11.6 Å². The van der Waals surface area contributed by atoms with Crippen molar-refractivity contribution in [2.45, 2.75) is 110 Å². The molecule has 2 nitrogen and oxygen atoms in total. The van der Waals surface area contributed by atoms with Gasteiger partial charge in [-0.25, -0.2) is 0 Å². The monoisotopic (exact) mass is 388 g/mol. The van der Waals surface area contributed by atoms with Gasteiger partial charge in [-0.05, 0) is 44.5 Å². The highest BCUT2D eigenvalue weighted by molar-refractivity contribution is 9.11. The van der Waals surface area contributed by atoms with Gasteiger partial charge in [0.25, 0.3) is 0 Å². The minimum atomic E-state index is -0.385. The molecular formula is C20H37BrO2. The van der Waals surface area contributed by atoms with E-state index < -0.39 is 0 Å². The van der Waals surface area contributed by atoms with Crippen LogP contribution in [-0.4, -0.2) is 11.6 Å². The summed E-state index contributed by atoms with van der Waals surface area (Å²) in [7, 11) is 0. The number of carbonyl (C=O) groups excluding carboxylic acids is 1. The van der Waals surface area contributed by atoms with Gasteiger partial charge in [0.2, 0.25) is 0 Å². The third kappa shape index (κ3) is 17.9. The lowest BCUT2D eigenvalue weighted by atomic mass is 10.1. The molecular weight excluding hydrogens is 352 g/mol. The average molecular weight is 389 g/mol. The first-order valence-electron chi connectivity index (χ1n) is 9.41. The van der Waals surface area contributed by atoms with Crippen molar-refractivity contribution in [2.75, 3.05) is 0 Å². The van der Waals surface area contributed by atoms with E-state index in [2.05, 4.69) is 28.9 Å². The van der Waals surface area contributed by atoms with Crippen molar-refractivity contribution in [1.29, 1.82) is 0 Å².